The van der Waals surface area contributed by atoms with Crippen molar-refractivity contribution in [3.63, 3.8) is 0 Å². The molecule has 1 aromatic heterocycles. The van der Waals surface area contributed by atoms with Crippen LogP contribution in [0.2, 0.25) is 0 Å². The van der Waals surface area contributed by atoms with Crippen LogP contribution >= 0.6 is 11.3 Å². The highest BCUT2D eigenvalue weighted by atomic mass is 32.1. The number of rotatable bonds is 1. The van der Waals surface area contributed by atoms with Gasteiger partial charge in [0.05, 0.1) is 5.01 Å². The molecule has 1 aliphatic rings. The average Bonchev–Trinajstić information content (AvgIpc) is 2.66. The lowest BCUT2D eigenvalue weighted by atomic mass is 10.5. The summed E-state index contributed by atoms with van der Waals surface area (Å²) >= 11 is 1.71. The van der Waals surface area contributed by atoms with E-state index in [2.05, 4.69) is 11.9 Å². The molecule has 1 nitrogen and oxygen atoms in total. The summed E-state index contributed by atoms with van der Waals surface area (Å²) in [6.45, 7) is 2.11. The standard InChI is InChI=1S/C5H7NS.C3H5F/c1-2-5-6-3-4-7-5;4-3-1-2-3/h3-4H,2H2,1H3;3H,1-2H2. The van der Waals surface area contributed by atoms with Crippen LogP contribution in [0.15, 0.2) is 11.6 Å². The Hall–Kier alpha value is -0.440. The zero-order chi connectivity index (χ0) is 8.10. The predicted octanol–water partition coefficient (Wildman–Crippen LogP) is 2.82. The Morgan fingerprint density at radius 3 is 2.55 bits per heavy atom. The van der Waals surface area contributed by atoms with Crippen LogP contribution in [0.1, 0.15) is 24.8 Å². The first-order chi connectivity index (χ1) is 5.33. The minimum atomic E-state index is -0.417. The Kier molecular flexibility index (Phi) is 3.49. The Balaban J connectivity index is 0.000000128. The fourth-order valence-corrected chi connectivity index (χ4v) is 1.06. The molecule has 0 radical (unpaired) electrons. The maximum Gasteiger partial charge on any atom is 0.100 e. The van der Waals surface area contributed by atoms with Crippen molar-refractivity contribution in [2.45, 2.75) is 32.4 Å². The molecule has 11 heavy (non-hydrogen) atoms. The van der Waals surface area contributed by atoms with Crippen LogP contribution in [-0.4, -0.2) is 11.2 Å². The molecule has 2 rings (SSSR count). The van der Waals surface area contributed by atoms with Crippen LogP contribution < -0.4 is 0 Å². The summed E-state index contributed by atoms with van der Waals surface area (Å²) in [5.74, 6) is 0. The van der Waals surface area contributed by atoms with E-state index in [0.717, 1.165) is 19.3 Å². The Morgan fingerprint density at radius 1 is 1.73 bits per heavy atom. The average molecular weight is 173 g/mol. The Labute approximate surface area is 70.3 Å². The first kappa shape index (κ1) is 8.65. The normalized spacial score (nSPS) is 15.5. The maximum atomic E-state index is 11.1. The van der Waals surface area contributed by atoms with Crippen molar-refractivity contribution in [2.75, 3.05) is 0 Å². The van der Waals surface area contributed by atoms with Crippen molar-refractivity contribution in [3.8, 4) is 0 Å². The van der Waals surface area contributed by atoms with Gasteiger partial charge < -0.3 is 0 Å². The molecule has 1 fully saturated rings. The lowest BCUT2D eigenvalue weighted by molar-refractivity contribution is 0.480. The monoisotopic (exact) mass is 173 g/mol. The van der Waals surface area contributed by atoms with Crippen LogP contribution in [0.3, 0.4) is 0 Å². The molecule has 1 saturated carbocycles. The summed E-state index contributed by atoms with van der Waals surface area (Å²) in [6.07, 6.45) is 4.13. The molecule has 0 amide bonds. The van der Waals surface area contributed by atoms with Gasteiger partial charge in [0.25, 0.3) is 0 Å². The van der Waals surface area contributed by atoms with Gasteiger partial charge in [-0.25, -0.2) is 9.37 Å². The number of aromatic nitrogens is 1. The number of alkyl halides is 1. The quantitative estimate of drug-likeness (QED) is 0.636. The smallest absolute Gasteiger partial charge is 0.100 e. The fraction of sp³-hybridized carbons (Fsp3) is 0.625. The first-order valence-electron chi connectivity index (χ1n) is 3.85. The van der Waals surface area contributed by atoms with Crippen LogP contribution in [0, 0.1) is 0 Å². The van der Waals surface area contributed by atoms with E-state index in [-0.39, 0.29) is 0 Å². The minimum absolute atomic E-state index is 0.417. The third-order valence-electron chi connectivity index (χ3n) is 1.29. The molecular weight excluding hydrogens is 161 g/mol. The highest BCUT2D eigenvalue weighted by Gasteiger charge is 2.18. The summed E-state index contributed by atoms with van der Waals surface area (Å²) in [6, 6.07) is 0. The second-order valence-electron chi connectivity index (χ2n) is 2.45. The summed E-state index contributed by atoms with van der Waals surface area (Å²) in [5, 5.41) is 3.22. The molecule has 1 heterocycles. The number of nitrogens with zero attached hydrogens (tertiary/aromatic N) is 1. The number of aryl methyl sites for hydroxylation is 1. The van der Waals surface area contributed by atoms with Crippen molar-refractivity contribution in [1.29, 1.82) is 0 Å². The SMILES string of the molecule is CCc1nccs1.FC1CC1. The summed E-state index contributed by atoms with van der Waals surface area (Å²) in [4.78, 5) is 4.05. The molecule has 3 heteroatoms. The van der Waals surface area contributed by atoms with Crippen molar-refractivity contribution >= 4 is 11.3 Å². The molecule has 0 unspecified atom stereocenters. The highest BCUT2D eigenvalue weighted by molar-refractivity contribution is 7.09. The van der Waals surface area contributed by atoms with E-state index in [1.54, 1.807) is 11.3 Å². The van der Waals surface area contributed by atoms with Crippen molar-refractivity contribution in [3.05, 3.63) is 16.6 Å². The molecule has 1 aromatic rings. The summed E-state index contributed by atoms with van der Waals surface area (Å²) in [7, 11) is 0. The van der Waals surface area contributed by atoms with E-state index < -0.39 is 6.17 Å². The van der Waals surface area contributed by atoms with Gasteiger partial charge in [-0.15, -0.1) is 11.3 Å². The minimum Gasteiger partial charge on any atom is -0.250 e. The van der Waals surface area contributed by atoms with Gasteiger partial charge in [-0.1, -0.05) is 6.92 Å². The lowest BCUT2D eigenvalue weighted by Gasteiger charge is -1.77. The van der Waals surface area contributed by atoms with Crippen LogP contribution in [0.25, 0.3) is 0 Å². The van der Waals surface area contributed by atoms with Gasteiger partial charge >= 0.3 is 0 Å². The van der Waals surface area contributed by atoms with E-state index in [4.69, 9.17) is 0 Å². The number of halogens is 1. The van der Waals surface area contributed by atoms with E-state index in [1.165, 1.54) is 5.01 Å². The molecule has 0 N–H and O–H groups in total. The Morgan fingerprint density at radius 2 is 2.36 bits per heavy atom. The molecule has 0 aromatic carbocycles. The zero-order valence-electron chi connectivity index (χ0n) is 6.59. The zero-order valence-corrected chi connectivity index (χ0v) is 7.40. The van der Waals surface area contributed by atoms with Crippen LogP contribution in [0.5, 0.6) is 0 Å². The number of hydrogen-bond donors (Lipinski definition) is 0. The molecule has 62 valence electrons. The highest BCUT2D eigenvalue weighted by Crippen LogP contribution is 2.22. The van der Waals surface area contributed by atoms with Crippen molar-refractivity contribution in [2.24, 2.45) is 0 Å². The van der Waals surface area contributed by atoms with Gasteiger partial charge in [0, 0.05) is 11.6 Å². The van der Waals surface area contributed by atoms with E-state index in [0.29, 0.717) is 0 Å². The van der Waals surface area contributed by atoms with Gasteiger partial charge in [0.15, 0.2) is 0 Å². The van der Waals surface area contributed by atoms with Crippen molar-refractivity contribution < 1.29 is 4.39 Å². The van der Waals surface area contributed by atoms with Gasteiger partial charge in [-0.2, -0.15) is 0 Å². The molecule has 0 saturated heterocycles. The molecule has 0 atom stereocenters. The van der Waals surface area contributed by atoms with E-state index in [9.17, 15) is 4.39 Å². The second kappa shape index (κ2) is 4.44. The van der Waals surface area contributed by atoms with Gasteiger partial charge in [0.2, 0.25) is 0 Å². The van der Waals surface area contributed by atoms with Gasteiger partial charge in [-0.05, 0) is 19.3 Å². The lowest BCUT2D eigenvalue weighted by Crippen LogP contribution is -1.70. The van der Waals surface area contributed by atoms with Crippen LogP contribution in [-0.2, 0) is 6.42 Å². The van der Waals surface area contributed by atoms with E-state index >= 15 is 0 Å². The fourth-order valence-electron chi connectivity index (χ4n) is 0.491. The van der Waals surface area contributed by atoms with Gasteiger partial charge in [0.1, 0.15) is 6.17 Å². The summed E-state index contributed by atoms with van der Waals surface area (Å²) < 4.78 is 11.1. The largest absolute Gasteiger partial charge is 0.250 e. The van der Waals surface area contributed by atoms with E-state index in [1.807, 2.05) is 11.6 Å². The summed E-state index contributed by atoms with van der Waals surface area (Å²) in [5.41, 5.74) is 0. The molecule has 0 bridgehead atoms. The third kappa shape index (κ3) is 4.09. The molecular formula is C8H12FNS. The third-order valence-corrected chi connectivity index (χ3v) is 2.22. The number of thiazole rings is 1. The Bertz CT molecular complexity index is 182. The van der Waals surface area contributed by atoms with Crippen LogP contribution in [0.4, 0.5) is 4.39 Å². The number of hydrogen-bond acceptors (Lipinski definition) is 2. The molecule has 0 spiro atoms. The maximum absolute atomic E-state index is 11.1. The van der Waals surface area contributed by atoms with Crippen molar-refractivity contribution in [1.82, 2.24) is 4.98 Å². The van der Waals surface area contributed by atoms with Gasteiger partial charge in [-0.3, -0.25) is 0 Å². The molecule has 1 aliphatic carbocycles. The predicted molar refractivity (Wildman–Crippen MR) is 45.6 cm³/mol. The topological polar surface area (TPSA) is 12.9 Å². The molecule has 0 aliphatic heterocycles. The first-order valence-corrected chi connectivity index (χ1v) is 4.73. The second-order valence-corrected chi connectivity index (χ2v) is 3.43.